The van der Waals surface area contributed by atoms with E-state index in [0.29, 0.717) is 26.0 Å². The van der Waals surface area contributed by atoms with Crippen molar-refractivity contribution in [2.75, 3.05) is 26.8 Å². The molecule has 0 aliphatic carbocycles. The maximum Gasteiger partial charge on any atom is 0.240 e. The smallest absolute Gasteiger partial charge is 0.240 e. The second-order valence-electron chi connectivity index (χ2n) is 6.30. The molecule has 2 saturated heterocycles. The Morgan fingerprint density at radius 1 is 1.30 bits per heavy atom. The van der Waals surface area contributed by atoms with Crippen molar-refractivity contribution in [1.29, 1.82) is 5.26 Å². The van der Waals surface area contributed by atoms with Gasteiger partial charge in [0.05, 0.1) is 24.8 Å². The van der Waals surface area contributed by atoms with Gasteiger partial charge in [-0.15, -0.1) is 0 Å². The summed E-state index contributed by atoms with van der Waals surface area (Å²) in [5.41, 5.74) is 5.96. The second kappa shape index (κ2) is 8.27. The molecular formula is C16H26N4O3. The molecule has 7 heteroatoms. The molecule has 0 radical (unpaired) electrons. The number of hydrogen-bond acceptors (Lipinski definition) is 5. The normalized spacial score (nSPS) is 25.4. The number of ether oxygens (including phenoxy) is 1. The summed E-state index contributed by atoms with van der Waals surface area (Å²) >= 11 is 0. The van der Waals surface area contributed by atoms with Crippen LogP contribution in [0.1, 0.15) is 38.5 Å². The van der Waals surface area contributed by atoms with E-state index < -0.39 is 6.04 Å². The van der Waals surface area contributed by atoms with E-state index in [1.165, 1.54) is 0 Å². The topological polar surface area (TPSA) is 99.7 Å². The van der Waals surface area contributed by atoms with Crippen LogP contribution >= 0.6 is 0 Å². The molecule has 2 amide bonds. The van der Waals surface area contributed by atoms with Crippen molar-refractivity contribution in [3.05, 3.63) is 0 Å². The molecule has 1 unspecified atom stereocenters. The van der Waals surface area contributed by atoms with Gasteiger partial charge in [-0.25, -0.2) is 0 Å². The largest absolute Gasteiger partial charge is 0.383 e. The molecule has 2 rings (SSSR count). The molecule has 2 fully saturated rings. The maximum absolute atomic E-state index is 12.3. The third-order valence-electron chi connectivity index (χ3n) is 4.73. The highest BCUT2D eigenvalue weighted by atomic mass is 16.5. The maximum atomic E-state index is 12.3. The van der Waals surface area contributed by atoms with E-state index in [1.54, 1.807) is 12.0 Å². The van der Waals surface area contributed by atoms with Gasteiger partial charge >= 0.3 is 0 Å². The van der Waals surface area contributed by atoms with Crippen molar-refractivity contribution >= 4 is 11.8 Å². The summed E-state index contributed by atoms with van der Waals surface area (Å²) < 4.78 is 5.15. The number of hydrogen-bond donors (Lipinski definition) is 1. The predicted octanol–water partition coefficient (Wildman–Crippen LogP) is 0.246. The van der Waals surface area contributed by atoms with Gasteiger partial charge in [0.25, 0.3) is 0 Å². The highest BCUT2D eigenvalue weighted by molar-refractivity contribution is 5.84. The van der Waals surface area contributed by atoms with E-state index in [1.807, 2.05) is 4.90 Å². The number of nitrogens with zero attached hydrogens (tertiary/aromatic N) is 3. The molecule has 0 saturated carbocycles. The zero-order valence-corrected chi connectivity index (χ0v) is 13.7. The minimum Gasteiger partial charge on any atom is -0.383 e. The molecule has 2 aliphatic heterocycles. The Morgan fingerprint density at radius 2 is 2.00 bits per heavy atom. The number of rotatable bonds is 6. The van der Waals surface area contributed by atoms with E-state index in [2.05, 4.69) is 6.07 Å². The Balaban J connectivity index is 1.81. The van der Waals surface area contributed by atoms with Crippen LogP contribution in [0.3, 0.4) is 0 Å². The van der Waals surface area contributed by atoms with Crippen LogP contribution < -0.4 is 5.73 Å². The molecule has 2 heterocycles. The Hall–Kier alpha value is -1.65. The fraction of sp³-hybridized carbons (Fsp3) is 0.812. The molecule has 3 atom stereocenters. The van der Waals surface area contributed by atoms with Crippen molar-refractivity contribution in [3.63, 3.8) is 0 Å². The SMILES string of the molecule is COC[C@@H]1CCCN1C(=O)CCC(N)C(=O)N1CCC[C@H]1C#N. The zero-order valence-electron chi connectivity index (χ0n) is 13.7. The van der Waals surface area contributed by atoms with Gasteiger partial charge in [-0.2, -0.15) is 5.26 Å². The lowest BCUT2D eigenvalue weighted by molar-refractivity contribution is -0.134. The summed E-state index contributed by atoms with van der Waals surface area (Å²) in [7, 11) is 1.64. The Morgan fingerprint density at radius 3 is 2.70 bits per heavy atom. The average molecular weight is 322 g/mol. The molecule has 128 valence electrons. The van der Waals surface area contributed by atoms with Gasteiger partial charge in [-0.3, -0.25) is 9.59 Å². The van der Waals surface area contributed by atoms with Crippen molar-refractivity contribution < 1.29 is 14.3 Å². The average Bonchev–Trinajstić information content (AvgIpc) is 3.20. The molecule has 2 N–H and O–H groups in total. The Bertz CT molecular complexity index is 476. The summed E-state index contributed by atoms with van der Waals surface area (Å²) in [4.78, 5) is 28.1. The van der Waals surface area contributed by atoms with Crippen LogP contribution in [0.2, 0.25) is 0 Å². The first-order valence-corrected chi connectivity index (χ1v) is 8.32. The Kier molecular flexibility index (Phi) is 6.37. The van der Waals surface area contributed by atoms with E-state index in [4.69, 9.17) is 15.7 Å². The van der Waals surface area contributed by atoms with Crippen LogP contribution in [-0.4, -0.2) is 66.5 Å². The van der Waals surface area contributed by atoms with Crippen LogP contribution in [0, 0.1) is 11.3 Å². The zero-order chi connectivity index (χ0) is 16.8. The number of nitrogens with two attached hydrogens (primary N) is 1. The first-order chi connectivity index (χ1) is 11.1. The van der Waals surface area contributed by atoms with E-state index in [-0.39, 0.29) is 30.3 Å². The molecule has 0 aromatic heterocycles. The van der Waals surface area contributed by atoms with Gasteiger partial charge in [-0.05, 0) is 32.1 Å². The lowest BCUT2D eigenvalue weighted by Crippen LogP contribution is -2.46. The predicted molar refractivity (Wildman–Crippen MR) is 84.2 cm³/mol. The van der Waals surface area contributed by atoms with Crippen LogP contribution in [0.4, 0.5) is 0 Å². The summed E-state index contributed by atoms with van der Waals surface area (Å²) in [5, 5.41) is 9.05. The number of carbonyl (C=O) groups excluding carboxylic acids is 2. The lowest BCUT2D eigenvalue weighted by atomic mass is 10.1. The van der Waals surface area contributed by atoms with Crippen LogP contribution in [0.25, 0.3) is 0 Å². The summed E-state index contributed by atoms with van der Waals surface area (Å²) in [5.74, 6) is -0.178. The van der Waals surface area contributed by atoms with Gasteiger partial charge < -0.3 is 20.3 Å². The number of likely N-dealkylation sites (tertiary alicyclic amines) is 2. The molecule has 2 aliphatic rings. The number of carbonyl (C=O) groups is 2. The third-order valence-corrected chi connectivity index (χ3v) is 4.73. The van der Waals surface area contributed by atoms with Gasteiger partial charge in [0, 0.05) is 26.6 Å². The second-order valence-corrected chi connectivity index (χ2v) is 6.30. The fourth-order valence-corrected chi connectivity index (χ4v) is 3.45. The van der Waals surface area contributed by atoms with Gasteiger partial charge in [-0.1, -0.05) is 0 Å². The monoisotopic (exact) mass is 322 g/mol. The van der Waals surface area contributed by atoms with E-state index in [0.717, 1.165) is 25.8 Å². The molecule has 0 aromatic carbocycles. The molecule has 0 bridgehead atoms. The number of nitriles is 1. The van der Waals surface area contributed by atoms with Crippen molar-refractivity contribution in [3.8, 4) is 6.07 Å². The first kappa shape index (κ1) is 17.7. The summed E-state index contributed by atoms with van der Waals surface area (Å²) in [6.07, 6.45) is 4.08. The standard InChI is InChI=1S/C16H26N4O3/c1-23-11-13-5-3-8-19(13)15(21)7-6-14(18)16(22)20-9-2-4-12(20)10-17/h12-14H,2-9,11,18H2,1H3/t12-,13-,14?/m0/s1. The molecule has 23 heavy (non-hydrogen) atoms. The van der Waals surface area contributed by atoms with Gasteiger partial charge in [0.1, 0.15) is 6.04 Å². The summed E-state index contributed by atoms with van der Waals surface area (Å²) in [6, 6.07) is 1.20. The Labute approximate surface area is 137 Å². The van der Waals surface area contributed by atoms with Crippen LogP contribution in [0.15, 0.2) is 0 Å². The number of methoxy groups -OCH3 is 1. The van der Waals surface area contributed by atoms with Gasteiger partial charge in [0.2, 0.25) is 11.8 Å². The third kappa shape index (κ3) is 4.21. The quantitative estimate of drug-likeness (QED) is 0.755. The highest BCUT2D eigenvalue weighted by Crippen LogP contribution is 2.20. The minimum atomic E-state index is -0.712. The first-order valence-electron chi connectivity index (χ1n) is 8.32. The molecular weight excluding hydrogens is 296 g/mol. The fourth-order valence-electron chi connectivity index (χ4n) is 3.45. The van der Waals surface area contributed by atoms with Crippen molar-refractivity contribution in [1.82, 2.24) is 9.80 Å². The van der Waals surface area contributed by atoms with Crippen molar-refractivity contribution in [2.45, 2.75) is 56.7 Å². The minimum absolute atomic E-state index is 0.0334. The number of amides is 2. The lowest BCUT2D eigenvalue weighted by Gasteiger charge is -2.26. The summed E-state index contributed by atoms with van der Waals surface area (Å²) in [6.45, 7) is 1.88. The molecule has 0 aromatic rings. The van der Waals surface area contributed by atoms with E-state index in [9.17, 15) is 9.59 Å². The molecule has 0 spiro atoms. The van der Waals surface area contributed by atoms with E-state index >= 15 is 0 Å². The molecule has 7 nitrogen and oxygen atoms in total. The van der Waals surface area contributed by atoms with Gasteiger partial charge in [0.15, 0.2) is 0 Å². The van der Waals surface area contributed by atoms with Crippen LogP contribution in [-0.2, 0) is 14.3 Å². The highest BCUT2D eigenvalue weighted by Gasteiger charge is 2.33. The van der Waals surface area contributed by atoms with Crippen LogP contribution in [0.5, 0.6) is 0 Å². The van der Waals surface area contributed by atoms with Crippen molar-refractivity contribution in [2.24, 2.45) is 5.73 Å².